The van der Waals surface area contributed by atoms with Crippen LogP contribution >= 0.6 is 11.8 Å². The summed E-state index contributed by atoms with van der Waals surface area (Å²) in [5, 5.41) is 6.12. The van der Waals surface area contributed by atoms with E-state index in [1.807, 2.05) is 6.92 Å². The molecule has 180 valence electrons. The Labute approximate surface area is 205 Å². The van der Waals surface area contributed by atoms with Crippen LogP contribution < -0.4 is 10.1 Å². The van der Waals surface area contributed by atoms with Crippen molar-refractivity contribution < 1.29 is 28.0 Å². The molecular formula is C25H22FN3O5S. The number of carbonyl (C=O) groups is 3. The van der Waals surface area contributed by atoms with Crippen molar-refractivity contribution in [3.63, 3.8) is 0 Å². The van der Waals surface area contributed by atoms with E-state index in [1.165, 1.54) is 18.2 Å². The number of nitrogens with zero attached hydrogens (tertiary/aromatic N) is 2. The van der Waals surface area contributed by atoms with Gasteiger partial charge < -0.3 is 14.6 Å². The van der Waals surface area contributed by atoms with E-state index in [2.05, 4.69) is 10.5 Å². The minimum atomic E-state index is -0.521. The molecule has 1 aromatic heterocycles. The molecule has 1 aliphatic rings. The van der Waals surface area contributed by atoms with Crippen LogP contribution in [0.4, 0.5) is 9.18 Å². The lowest BCUT2D eigenvalue weighted by molar-refractivity contribution is -0.122. The first kappa shape index (κ1) is 24.2. The molecule has 0 unspecified atom stereocenters. The summed E-state index contributed by atoms with van der Waals surface area (Å²) in [7, 11) is 0. The molecule has 3 amide bonds. The maximum Gasteiger partial charge on any atom is 0.293 e. The molecule has 4 rings (SSSR count). The number of thioether (sulfide) groups is 1. The van der Waals surface area contributed by atoms with Gasteiger partial charge in [0.15, 0.2) is 0 Å². The Bertz CT molecular complexity index is 1300. The van der Waals surface area contributed by atoms with E-state index in [-0.39, 0.29) is 36.1 Å². The van der Waals surface area contributed by atoms with E-state index in [0.717, 1.165) is 27.9 Å². The monoisotopic (exact) mass is 495 g/mol. The summed E-state index contributed by atoms with van der Waals surface area (Å²) in [5.74, 6) is -0.201. The third-order valence-corrected chi connectivity index (χ3v) is 6.25. The fourth-order valence-corrected chi connectivity index (χ4v) is 4.26. The normalized spacial score (nSPS) is 14.6. The van der Waals surface area contributed by atoms with Gasteiger partial charge in [0.25, 0.3) is 17.1 Å². The SMILES string of the molecule is Cc1noc(C)c1COc1cccc(C(=O)NCCN2C(=O)S/C(=C/c3ccccc3F)C2=O)c1. The van der Waals surface area contributed by atoms with Gasteiger partial charge in [-0.2, -0.15) is 0 Å². The van der Waals surface area contributed by atoms with E-state index < -0.39 is 17.0 Å². The van der Waals surface area contributed by atoms with Gasteiger partial charge in [0.1, 0.15) is 23.9 Å². The number of nitrogens with one attached hydrogen (secondary N) is 1. The lowest BCUT2D eigenvalue weighted by Crippen LogP contribution is -2.37. The second kappa shape index (κ2) is 10.6. The van der Waals surface area contributed by atoms with Gasteiger partial charge in [-0.15, -0.1) is 0 Å². The van der Waals surface area contributed by atoms with Crippen LogP contribution in [0.5, 0.6) is 5.75 Å². The molecular weight excluding hydrogens is 473 g/mol. The quantitative estimate of drug-likeness (QED) is 0.460. The van der Waals surface area contributed by atoms with Gasteiger partial charge in [-0.05, 0) is 56.0 Å². The van der Waals surface area contributed by atoms with Crippen LogP contribution in [0.15, 0.2) is 58.0 Å². The van der Waals surface area contributed by atoms with Gasteiger partial charge in [-0.25, -0.2) is 4.39 Å². The van der Waals surface area contributed by atoms with Crippen LogP contribution in [0.1, 0.15) is 32.9 Å². The van der Waals surface area contributed by atoms with Crippen LogP contribution in [0.2, 0.25) is 0 Å². The second-order valence-electron chi connectivity index (χ2n) is 7.73. The number of rotatable bonds is 8. The highest BCUT2D eigenvalue weighted by Crippen LogP contribution is 2.32. The van der Waals surface area contributed by atoms with Gasteiger partial charge in [-0.1, -0.05) is 29.4 Å². The topological polar surface area (TPSA) is 102 Å². The molecule has 1 saturated heterocycles. The van der Waals surface area contributed by atoms with Gasteiger partial charge in [0.05, 0.1) is 16.2 Å². The number of carbonyl (C=O) groups excluding carboxylic acids is 3. The number of aryl methyl sites for hydroxylation is 2. The van der Waals surface area contributed by atoms with E-state index >= 15 is 0 Å². The molecule has 10 heteroatoms. The van der Waals surface area contributed by atoms with E-state index in [9.17, 15) is 18.8 Å². The first-order valence-electron chi connectivity index (χ1n) is 10.8. The maximum absolute atomic E-state index is 13.9. The molecule has 8 nitrogen and oxygen atoms in total. The Morgan fingerprint density at radius 3 is 2.74 bits per heavy atom. The molecule has 0 aliphatic carbocycles. The average Bonchev–Trinajstić information content (AvgIpc) is 3.31. The number of ether oxygens (including phenoxy) is 1. The predicted octanol–water partition coefficient (Wildman–Crippen LogP) is 4.48. The lowest BCUT2D eigenvalue weighted by atomic mass is 10.2. The summed E-state index contributed by atoms with van der Waals surface area (Å²) in [6, 6.07) is 12.7. The van der Waals surface area contributed by atoms with Crippen molar-refractivity contribution in [2.75, 3.05) is 13.1 Å². The summed E-state index contributed by atoms with van der Waals surface area (Å²) in [6.07, 6.45) is 1.35. The predicted molar refractivity (Wildman–Crippen MR) is 128 cm³/mol. The fraction of sp³-hybridized carbons (Fsp3) is 0.200. The molecule has 1 fully saturated rings. The summed E-state index contributed by atoms with van der Waals surface area (Å²) < 4.78 is 24.8. The summed E-state index contributed by atoms with van der Waals surface area (Å²) in [5.41, 5.74) is 2.19. The van der Waals surface area contributed by atoms with Crippen LogP contribution in [0.3, 0.4) is 0 Å². The van der Waals surface area contributed by atoms with Gasteiger partial charge in [0.2, 0.25) is 0 Å². The number of amides is 3. The first-order chi connectivity index (χ1) is 16.8. The minimum Gasteiger partial charge on any atom is -0.489 e. The molecule has 35 heavy (non-hydrogen) atoms. The first-order valence-corrected chi connectivity index (χ1v) is 11.6. The molecule has 2 aromatic carbocycles. The molecule has 0 radical (unpaired) electrons. The second-order valence-corrected chi connectivity index (χ2v) is 8.72. The van der Waals surface area contributed by atoms with Crippen molar-refractivity contribution in [3.05, 3.63) is 87.4 Å². The Morgan fingerprint density at radius 1 is 1.20 bits per heavy atom. The Hall–Kier alpha value is -3.92. The molecule has 0 bridgehead atoms. The van der Waals surface area contributed by atoms with Crippen LogP contribution in [0, 0.1) is 19.7 Å². The summed E-state index contributed by atoms with van der Waals surface area (Å²) in [6.45, 7) is 3.94. The Balaban J connectivity index is 1.32. The van der Waals surface area contributed by atoms with Gasteiger partial charge >= 0.3 is 0 Å². The molecule has 3 aromatic rings. The fourth-order valence-electron chi connectivity index (χ4n) is 3.40. The van der Waals surface area contributed by atoms with Crippen LogP contribution in [-0.2, 0) is 11.4 Å². The third-order valence-electron chi connectivity index (χ3n) is 5.35. The number of halogens is 1. The number of aromatic nitrogens is 1. The van der Waals surface area contributed by atoms with E-state index in [0.29, 0.717) is 17.1 Å². The lowest BCUT2D eigenvalue weighted by Gasteiger charge is -2.13. The Kier molecular flexibility index (Phi) is 7.31. The number of imide groups is 1. The molecule has 1 N–H and O–H groups in total. The Morgan fingerprint density at radius 2 is 2.00 bits per heavy atom. The van der Waals surface area contributed by atoms with E-state index in [4.69, 9.17) is 9.26 Å². The standard InChI is InChI=1S/C25H22FN3O5S/c1-15-20(16(2)34-28-15)14-33-19-8-5-7-18(12-19)23(30)27-10-11-29-24(31)22(35-25(29)32)13-17-6-3-4-9-21(17)26/h3-9,12-13H,10-11,14H2,1-2H3,(H,27,30)/b22-13+. The zero-order valence-corrected chi connectivity index (χ0v) is 19.9. The number of hydrogen-bond donors (Lipinski definition) is 1. The molecule has 0 saturated carbocycles. The highest BCUT2D eigenvalue weighted by molar-refractivity contribution is 8.18. The smallest absolute Gasteiger partial charge is 0.293 e. The maximum atomic E-state index is 13.9. The highest BCUT2D eigenvalue weighted by atomic mass is 32.2. The van der Waals surface area contributed by atoms with Crippen molar-refractivity contribution >= 4 is 34.9 Å². The molecule has 1 aliphatic heterocycles. The third kappa shape index (κ3) is 5.60. The molecule has 2 heterocycles. The van der Waals surface area contributed by atoms with Crippen molar-refractivity contribution in [1.82, 2.24) is 15.4 Å². The van der Waals surface area contributed by atoms with Gasteiger partial charge in [-0.3, -0.25) is 19.3 Å². The van der Waals surface area contributed by atoms with Gasteiger partial charge in [0, 0.05) is 24.2 Å². The van der Waals surface area contributed by atoms with Crippen molar-refractivity contribution in [2.45, 2.75) is 20.5 Å². The van der Waals surface area contributed by atoms with Crippen molar-refractivity contribution in [3.8, 4) is 5.75 Å². The summed E-state index contributed by atoms with van der Waals surface area (Å²) in [4.78, 5) is 38.6. The highest BCUT2D eigenvalue weighted by Gasteiger charge is 2.34. The summed E-state index contributed by atoms with van der Waals surface area (Å²) >= 11 is 0.740. The molecule has 0 spiro atoms. The van der Waals surface area contributed by atoms with Crippen LogP contribution in [-0.4, -0.2) is 40.2 Å². The van der Waals surface area contributed by atoms with Crippen molar-refractivity contribution in [1.29, 1.82) is 0 Å². The van der Waals surface area contributed by atoms with Crippen molar-refractivity contribution in [2.24, 2.45) is 0 Å². The zero-order chi connectivity index (χ0) is 24.9. The number of hydrogen-bond acceptors (Lipinski definition) is 7. The van der Waals surface area contributed by atoms with Crippen LogP contribution in [0.25, 0.3) is 6.08 Å². The average molecular weight is 496 g/mol. The minimum absolute atomic E-state index is 0.00669. The zero-order valence-electron chi connectivity index (χ0n) is 19.0. The number of benzene rings is 2. The van der Waals surface area contributed by atoms with E-state index in [1.54, 1.807) is 43.3 Å². The molecule has 0 atom stereocenters. The largest absolute Gasteiger partial charge is 0.489 e.